The molecular formula is C22H27N7O3. The number of aromatic nitrogens is 4. The summed E-state index contributed by atoms with van der Waals surface area (Å²) in [5.41, 5.74) is 2.18. The normalized spacial score (nSPS) is 18.4. The molecule has 2 aliphatic rings. The van der Waals surface area contributed by atoms with Crippen LogP contribution in [0.5, 0.6) is 0 Å². The van der Waals surface area contributed by atoms with E-state index >= 15 is 0 Å². The van der Waals surface area contributed by atoms with Gasteiger partial charge in [-0.05, 0) is 36.6 Å². The number of carbonyl (C=O) groups excluding carboxylic acids is 1. The summed E-state index contributed by atoms with van der Waals surface area (Å²) >= 11 is 0. The third kappa shape index (κ3) is 3.40. The molecule has 0 aliphatic carbocycles. The summed E-state index contributed by atoms with van der Waals surface area (Å²) in [5.74, 6) is 0.543. The number of H-pyrrole nitrogens is 1. The molecule has 5 heterocycles. The van der Waals surface area contributed by atoms with Crippen molar-refractivity contribution in [3.63, 3.8) is 0 Å². The summed E-state index contributed by atoms with van der Waals surface area (Å²) in [4.78, 5) is 44.4. The van der Waals surface area contributed by atoms with Crippen molar-refractivity contribution in [1.29, 1.82) is 0 Å². The van der Waals surface area contributed by atoms with Crippen molar-refractivity contribution < 1.29 is 4.79 Å². The van der Waals surface area contributed by atoms with E-state index in [1.54, 1.807) is 15.1 Å². The maximum atomic E-state index is 12.8. The van der Waals surface area contributed by atoms with Crippen LogP contribution in [0.15, 0.2) is 34.0 Å². The van der Waals surface area contributed by atoms with E-state index in [0.29, 0.717) is 30.3 Å². The van der Waals surface area contributed by atoms with Gasteiger partial charge in [-0.3, -0.25) is 23.9 Å². The second-order valence-corrected chi connectivity index (χ2v) is 8.44. The van der Waals surface area contributed by atoms with Crippen LogP contribution in [0, 0.1) is 0 Å². The molecule has 5 rings (SSSR count). The summed E-state index contributed by atoms with van der Waals surface area (Å²) in [6, 6.07) is 5.82. The fraction of sp³-hybridized carbons (Fsp3) is 0.455. The molecule has 1 unspecified atom stereocenters. The number of pyridine rings is 1. The predicted molar refractivity (Wildman–Crippen MR) is 120 cm³/mol. The van der Waals surface area contributed by atoms with Crippen molar-refractivity contribution in [3.05, 3.63) is 61.9 Å². The lowest BCUT2D eigenvalue weighted by Crippen LogP contribution is -2.56. The zero-order chi connectivity index (χ0) is 22.4. The molecule has 168 valence electrons. The molecule has 2 aliphatic heterocycles. The first-order chi connectivity index (χ1) is 15.5. The Kier molecular flexibility index (Phi) is 5.09. The van der Waals surface area contributed by atoms with Crippen LogP contribution in [-0.2, 0) is 19.5 Å². The topological polar surface area (TPSA) is 108 Å². The van der Waals surface area contributed by atoms with Crippen molar-refractivity contribution in [1.82, 2.24) is 29.4 Å². The maximum Gasteiger partial charge on any atom is 0.273 e. The molecule has 10 heteroatoms. The lowest BCUT2D eigenvalue weighted by Gasteiger charge is -2.46. The molecule has 1 fully saturated rings. The minimum Gasteiger partial charge on any atom is -0.355 e. The Hall–Kier alpha value is -3.40. The van der Waals surface area contributed by atoms with Crippen molar-refractivity contribution in [2.75, 3.05) is 31.6 Å². The lowest BCUT2D eigenvalue weighted by atomic mass is 10.0. The van der Waals surface area contributed by atoms with Gasteiger partial charge in [-0.1, -0.05) is 6.92 Å². The first kappa shape index (κ1) is 20.5. The number of hydrogen-bond donors (Lipinski definition) is 2. The first-order valence-corrected chi connectivity index (χ1v) is 11.0. The van der Waals surface area contributed by atoms with E-state index in [-0.39, 0.29) is 22.6 Å². The van der Waals surface area contributed by atoms with E-state index in [0.717, 1.165) is 44.0 Å². The quantitative estimate of drug-likeness (QED) is 0.604. The average Bonchev–Trinajstić information content (AvgIpc) is 3.18. The number of amides is 1. The van der Waals surface area contributed by atoms with E-state index < -0.39 is 0 Å². The zero-order valence-electron chi connectivity index (χ0n) is 18.3. The Morgan fingerprint density at radius 3 is 2.88 bits per heavy atom. The monoisotopic (exact) mass is 437 g/mol. The van der Waals surface area contributed by atoms with Crippen LogP contribution < -0.4 is 21.3 Å². The number of nitrogens with one attached hydrogen (secondary N) is 2. The number of piperazine rings is 1. The van der Waals surface area contributed by atoms with Crippen LogP contribution in [0.4, 0.5) is 5.82 Å². The van der Waals surface area contributed by atoms with Gasteiger partial charge in [0.05, 0.1) is 0 Å². The molecule has 0 bridgehead atoms. The largest absolute Gasteiger partial charge is 0.355 e. The Morgan fingerprint density at radius 1 is 1.25 bits per heavy atom. The third-order valence-electron chi connectivity index (χ3n) is 6.50. The van der Waals surface area contributed by atoms with Crippen LogP contribution in [0.3, 0.4) is 0 Å². The average molecular weight is 438 g/mol. The molecule has 32 heavy (non-hydrogen) atoms. The van der Waals surface area contributed by atoms with Gasteiger partial charge in [0.25, 0.3) is 17.0 Å². The molecule has 10 nitrogen and oxygen atoms in total. The van der Waals surface area contributed by atoms with Gasteiger partial charge < -0.3 is 15.2 Å². The van der Waals surface area contributed by atoms with E-state index in [1.807, 2.05) is 25.3 Å². The van der Waals surface area contributed by atoms with Crippen molar-refractivity contribution in [2.45, 2.75) is 38.9 Å². The van der Waals surface area contributed by atoms with Gasteiger partial charge in [0.2, 0.25) is 0 Å². The molecule has 1 amide bonds. The highest BCUT2D eigenvalue weighted by atomic mass is 16.2. The number of aryl methyl sites for hydroxylation is 1. The zero-order valence-corrected chi connectivity index (χ0v) is 18.3. The molecule has 1 saturated heterocycles. The number of aromatic amines is 1. The number of carbonyl (C=O) groups is 1. The van der Waals surface area contributed by atoms with E-state index in [4.69, 9.17) is 0 Å². The molecule has 0 aromatic carbocycles. The Bertz CT molecular complexity index is 1310. The Morgan fingerprint density at radius 2 is 2.09 bits per heavy atom. The van der Waals surface area contributed by atoms with E-state index in [2.05, 4.69) is 25.2 Å². The third-order valence-corrected chi connectivity index (χ3v) is 6.50. The number of rotatable bonds is 4. The molecule has 0 saturated carbocycles. The van der Waals surface area contributed by atoms with Crippen LogP contribution in [0.2, 0.25) is 0 Å². The fourth-order valence-corrected chi connectivity index (χ4v) is 4.85. The summed E-state index contributed by atoms with van der Waals surface area (Å²) in [6.07, 6.45) is 3.43. The summed E-state index contributed by atoms with van der Waals surface area (Å²) in [6.45, 7) is 5.86. The SMILES string of the molecule is CCc1nn2cc(CN3CCN4c5ccc(C(=O)NC)c(=O)n5CCC4C3)cc2[nH]c1=O. The number of hydrogen-bond acceptors (Lipinski definition) is 6. The molecule has 0 spiro atoms. The van der Waals surface area contributed by atoms with Gasteiger partial charge in [0.15, 0.2) is 0 Å². The predicted octanol–water partition coefficient (Wildman–Crippen LogP) is 0.201. The van der Waals surface area contributed by atoms with Crippen LogP contribution in [0.1, 0.15) is 35.0 Å². The second kappa shape index (κ2) is 7.94. The molecule has 3 aromatic rings. The van der Waals surface area contributed by atoms with Gasteiger partial charge in [-0.15, -0.1) is 0 Å². The highest BCUT2D eigenvalue weighted by molar-refractivity contribution is 5.93. The smallest absolute Gasteiger partial charge is 0.273 e. The van der Waals surface area contributed by atoms with Crippen LogP contribution in [0.25, 0.3) is 5.65 Å². The number of anilines is 1. The van der Waals surface area contributed by atoms with Crippen LogP contribution in [-0.4, -0.2) is 62.7 Å². The fourth-order valence-electron chi connectivity index (χ4n) is 4.85. The lowest BCUT2D eigenvalue weighted by molar-refractivity contribution is 0.0960. The summed E-state index contributed by atoms with van der Waals surface area (Å²) in [7, 11) is 1.53. The highest BCUT2D eigenvalue weighted by Crippen LogP contribution is 2.27. The molecule has 2 N–H and O–H groups in total. The molecule has 3 aromatic heterocycles. The van der Waals surface area contributed by atoms with Gasteiger partial charge in [0.1, 0.15) is 22.7 Å². The van der Waals surface area contributed by atoms with E-state index in [1.165, 1.54) is 7.05 Å². The number of fused-ring (bicyclic) bond motifs is 4. The minimum atomic E-state index is -0.348. The van der Waals surface area contributed by atoms with E-state index in [9.17, 15) is 14.4 Å². The van der Waals surface area contributed by atoms with Gasteiger partial charge in [-0.25, -0.2) is 4.52 Å². The highest BCUT2D eigenvalue weighted by Gasteiger charge is 2.33. The Labute approximate surface area is 184 Å². The molecule has 0 radical (unpaired) electrons. The Balaban J connectivity index is 1.33. The van der Waals surface area contributed by atoms with Gasteiger partial charge in [0, 0.05) is 52.0 Å². The second-order valence-electron chi connectivity index (χ2n) is 8.44. The van der Waals surface area contributed by atoms with Gasteiger partial charge >= 0.3 is 0 Å². The molecular weight excluding hydrogens is 410 g/mol. The maximum absolute atomic E-state index is 12.8. The summed E-state index contributed by atoms with van der Waals surface area (Å²) < 4.78 is 3.48. The van der Waals surface area contributed by atoms with Crippen molar-refractivity contribution >= 4 is 17.4 Å². The van der Waals surface area contributed by atoms with Crippen molar-refractivity contribution in [2.24, 2.45) is 0 Å². The first-order valence-electron chi connectivity index (χ1n) is 11.0. The van der Waals surface area contributed by atoms with Crippen molar-refractivity contribution in [3.8, 4) is 0 Å². The molecule has 1 atom stereocenters. The van der Waals surface area contributed by atoms with Gasteiger partial charge in [-0.2, -0.15) is 5.10 Å². The van der Waals surface area contributed by atoms with Crippen LogP contribution >= 0.6 is 0 Å². The minimum absolute atomic E-state index is 0.131. The standard InChI is InChI=1S/C22H27N7O3/c1-3-17-21(31)24-18-10-14(12-29(18)25-17)11-26-8-9-27-15(13-26)6-7-28-19(27)5-4-16(22(28)32)20(30)23-2/h4-5,10,12,15H,3,6-9,11,13H2,1-2H3,(H,23,30)(H,24,31). The number of nitrogens with zero attached hydrogens (tertiary/aromatic N) is 5. The summed E-state index contributed by atoms with van der Waals surface area (Å²) in [5, 5.41) is 6.95.